The number of rotatable bonds is 5. The lowest BCUT2D eigenvalue weighted by atomic mass is 9.80. The van der Waals surface area contributed by atoms with Gasteiger partial charge < -0.3 is 10.4 Å². The van der Waals surface area contributed by atoms with Crippen LogP contribution in [0.3, 0.4) is 0 Å². The van der Waals surface area contributed by atoms with Crippen molar-refractivity contribution in [3.63, 3.8) is 0 Å². The summed E-state index contributed by atoms with van der Waals surface area (Å²) in [6, 6.07) is 7.20. The molecule has 3 rings (SSSR count). The van der Waals surface area contributed by atoms with Crippen molar-refractivity contribution in [3.8, 4) is 5.69 Å². The van der Waals surface area contributed by atoms with Crippen LogP contribution in [0.5, 0.6) is 0 Å². The van der Waals surface area contributed by atoms with Crippen molar-refractivity contribution >= 4 is 23.5 Å². The number of carboxylic acids is 1. The fourth-order valence-electron chi connectivity index (χ4n) is 2.93. The highest BCUT2D eigenvalue weighted by Gasteiger charge is 2.35. The number of carbonyl (C=O) groups excluding carboxylic acids is 1. The minimum absolute atomic E-state index is 0.0853. The zero-order valence-corrected chi connectivity index (χ0v) is 14.0. The standard InChI is InChI=1S/C17H18ClN3O3/c1-2-15-14(16(22)20-12-6-10(7-12)17(23)24)9-19-21(15)13-5-3-4-11(18)8-13/h3-5,8-10,12H,2,6-7H2,1H3,(H,20,22)(H,23,24). The Balaban J connectivity index is 1.77. The monoisotopic (exact) mass is 347 g/mol. The first kappa shape index (κ1) is 16.5. The molecule has 0 spiro atoms. The second-order valence-corrected chi connectivity index (χ2v) is 6.36. The Morgan fingerprint density at radius 1 is 1.42 bits per heavy atom. The van der Waals surface area contributed by atoms with E-state index in [1.165, 1.54) is 0 Å². The van der Waals surface area contributed by atoms with Gasteiger partial charge in [-0.25, -0.2) is 4.68 Å². The second kappa shape index (κ2) is 6.65. The molecule has 7 heteroatoms. The lowest BCUT2D eigenvalue weighted by Gasteiger charge is -2.32. The quantitative estimate of drug-likeness (QED) is 0.871. The maximum absolute atomic E-state index is 12.5. The van der Waals surface area contributed by atoms with E-state index in [9.17, 15) is 9.59 Å². The third kappa shape index (κ3) is 3.14. The Kier molecular flexibility index (Phi) is 4.57. The van der Waals surface area contributed by atoms with Crippen molar-refractivity contribution in [2.24, 2.45) is 5.92 Å². The lowest BCUT2D eigenvalue weighted by Crippen LogP contribution is -2.46. The van der Waals surface area contributed by atoms with Crippen molar-refractivity contribution in [1.82, 2.24) is 15.1 Å². The topological polar surface area (TPSA) is 84.2 Å². The number of halogens is 1. The summed E-state index contributed by atoms with van der Waals surface area (Å²) >= 11 is 6.03. The second-order valence-electron chi connectivity index (χ2n) is 5.93. The molecule has 126 valence electrons. The number of amides is 1. The van der Waals surface area contributed by atoms with E-state index in [1.54, 1.807) is 23.0 Å². The summed E-state index contributed by atoms with van der Waals surface area (Å²) in [5, 5.41) is 16.7. The Morgan fingerprint density at radius 2 is 2.17 bits per heavy atom. The van der Waals surface area contributed by atoms with Crippen molar-refractivity contribution in [1.29, 1.82) is 0 Å². The highest BCUT2D eigenvalue weighted by molar-refractivity contribution is 6.30. The molecular formula is C17H18ClN3O3. The van der Waals surface area contributed by atoms with E-state index in [0.717, 1.165) is 11.4 Å². The molecule has 0 radical (unpaired) electrons. The van der Waals surface area contributed by atoms with Crippen molar-refractivity contribution in [2.75, 3.05) is 0 Å². The van der Waals surface area contributed by atoms with Gasteiger partial charge in [-0.1, -0.05) is 24.6 Å². The van der Waals surface area contributed by atoms with Gasteiger partial charge in [-0.3, -0.25) is 9.59 Å². The van der Waals surface area contributed by atoms with Crippen LogP contribution in [0.1, 0.15) is 35.8 Å². The van der Waals surface area contributed by atoms with Gasteiger partial charge in [-0.15, -0.1) is 0 Å². The van der Waals surface area contributed by atoms with Gasteiger partial charge in [0.15, 0.2) is 0 Å². The number of carbonyl (C=O) groups is 2. The van der Waals surface area contributed by atoms with E-state index in [4.69, 9.17) is 16.7 Å². The molecule has 2 aromatic rings. The Morgan fingerprint density at radius 3 is 2.79 bits per heavy atom. The number of nitrogens with one attached hydrogen (secondary N) is 1. The summed E-state index contributed by atoms with van der Waals surface area (Å²) in [6.45, 7) is 1.96. The molecule has 1 fully saturated rings. The smallest absolute Gasteiger partial charge is 0.306 e. The molecule has 0 atom stereocenters. The van der Waals surface area contributed by atoms with Crippen LogP contribution in [0, 0.1) is 5.92 Å². The average Bonchev–Trinajstić information content (AvgIpc) is 2.93. The van der Waals surface area contributed by atoms with E-state index >= 15 is 0 Å². The molecule has 0 bridgehead atoms. The summed E-state index contributed by atoms with van der Waals surface area (Å²) in [5.41, 5.74) is 2.10. The van der Waals surface area contributed by atoms with Crippen LogP contribution in [0.15, 0.2) is 30.5 Å². The number of benzene rings is 1. The van der Waals surface area contributed by atoms with E-state index in [2.05, 4.69) is 10.4 Å². The molecular weight excluding hydrogens is 330 g/mol. The molecule has 1 amide bonds. The Hall–Kier alpha value is -2.34. The molecule has 1 saturated carbocycles. The Labute approximate surface area is 144 Å². The van der Waals surface area contributed by atoms with Crippen LogP contribution in [-0.4, -0.2) is 32.8 Å². The molecule has 1 heterocycles. The molecule has 0 saturated heterocycles. The number of hydrogen-bond acceptors (Lipinski definition) is 3. The van der Waals surface area contributed by atoms with Gasteiger partial charge >= 0.3 is 5.97 Å². The maximum Gasteiger partial charge on any atom is 0.306 e. The van der Waals surface area contributed by atoms with Crippen LogP contribution in [0.25, 0.3) is 5.69 Å². The van der Waals surface area contributed by atoms with Gasteiger partial charge in [0.05, 0.1) is 29.1 Å². The summed E-state index contributed by atoms with van der Waals surface area (Å²) < 4.78 is 1.71. The first-order valence-electron chi connectivity index (χ1n) is 7.86. The molecule has 1 aromatic carbocycles. The molecule has 24 heavy (non-hydrogen) atoms. The maximum atomic E-state index is 12.5. The molecule has 1 aromatic heterocycles. The number of nitrogens with zero attached hydrogens (tertiary/aromatic N) is 2. The minimum Gasteiger partial charge on any atom is -0.481 e. The van der Waals surface area contributed by atoms with Crippen LogP contribution in [-0.2, 0) is 11.2 Å². The predicted octanol–water partition coefficient (Wildman–Crippen LogP) is 2.68. The van der Waals surface area contributed by atoms with Crippen molar-refractivity contribution < 1.29 is 14.7 Å². The highest BCUT2D eigenvalue weighted by Crippen LogP contribution is 2.28. The SMILES string of the molecule is CCc1c(C(=O)NC2CC(C(=O)O)C2)cnn1-c1cccc(Cl)c1. The van der Waals surface area contributed by atoms with Gasteiger partial charge in [0.2, 0.25) is 0 Å². The molecule has 2 N–H and O–H groups in total. The van der Waals surface area contributed by atoms with Crippen LogP contribution < -0.4 is 5.32 Å². The van der Waals surface area contributed by atoms with Gasteiger partial charge in [-0.2, -0.15) is 5.10 Å². The zero-order chi connectivity index (χ0) is 17.3. The zero-order valence-electron chi connectivity index (χ0n) is 13.2. The predicted molar refractivity (Wildman–Crippen MR) is 89.6 cm³/mol. The molecule has 0 unspecified atom stereocenters. The highest BCUT2D eigenvalue weighted by atomic mass is 35.5. The van der Waals surface area contributed by atoms with Crippen molar-refractivity contribution in [2.45, 2.75) is 32.2 Å². The minimum atomic E-state index is -0.802. The van der Waals surface area contributed by atoms with E-state index in [1.807, 2.05) is 19.1 Å². The fraction of sp³-hybridized carbons (Fsp3) is 0.353. The van der Waals surface area contributed by atoms with E-state index in [0.29, 0.717) is 29.8 Å². The van der Waals surface area contributed by atoms with Gasteiger partial charge in [-0.05, 0) is 37.5 Å². The number of aliphatic carboxylic acids is 1. The first-order chi connectivity index (χ1) is 11.5. The number of carboxylic acid groups (broad SMARTS) is 1. The summed E-state index contributed by atoms with van der Waals surface area (Å²) in [6.07, 6.45) is 3.13. The fourth-order valence-corrected chi connectivity index (χ4v) is 3.12. The number of hydrogen-bond donors (Lipinski definition) is 2. The number of aromatic nitrogens is 2. The molecule has 1 aliphatic carbocycles. The first-order valence-corrected chi connectivity index (χ1v) is 8.24. The van der Waals surface area contributed by atoms with Crippen molar-refractivity contribution in [3.05, 3.63) is 46.7 Å². The largest absolute Gasteiger partial charge is 0.481 e. The van der Waals surface area contributed by atoms with Crippen LogP contribution >= 0.6 is 11.6 Å². The normalized spacial score (nSPS) is 19.6. The third-order valence-corrected chi connectivity index (χ3v) is 4.56. The summed E-state index contributed by atoms with van der Waals surface area (Å²) in [7, 11) is 0. The summed E-state index contributed by atoms with van der Waals surface area (Å²) in [5.74, 6) is -1.37. The average molecular weight is 348 g/mol. The van der Waals surface area contributed by atoms with E-state index in [-0.39, 0.29) is 17.9 Å². The van der Waals surface area contributed by atoms with Gasteiger partial charge in [0, 0.05) is 11.1 Å². The van der Waals surface area contributed by atoms with Crippen LogP contribution in [0.2, 0.25) is 5.02 Å². The Bertz CT molecular complexity index is 781. The lowest BCUT2D eigenvalue weighted by molar-refractivity contribution is -0.145. The molecule has 6 nitrogen and oxygen atoms in total. The van der Waals surface area contributed by atoms with Gasteiger partial charge in [0.1, 0.15) is 0 Å². The molecule has 0 aliphatic heterocycles. The summed E-state index contributed by atoms with van der Waals surface area (Å²) in [4.78, 5) is 23.3. The van der Waals surface area contributed by atoms with Crippen LogP contribution in [0.4, 0.5) is 0 Å². The third-order valence-electron chi connectivity index (χ3n) is 4.32. The van der Waals surface area contributed by atoms with E-state index < -0.39 is 5.97 Å². The molecule has 1 aliphatic rings. The van der Waals surface area contributed by atoms with Gasteiger partial charge in [0.25, 0.3) is 5.91 Å².